The third-order valence-corrected chi connectivity index (χ3v) is 2.26. The topological polar surface area (TPSA) is 24.1 Å². The molecule has 0 spiro atoms. The van der Waals surface area contributed by atoms with Crippen LogP contribution in [0.2, 0.25) is 0 Å². The monoisotopic (exact) mass is 172 g/mol. The van der Waals surface area contributed by atoms with Crippen molar-refractivity contribution in [3.63, 3.8) is 0 Å². The normalized spacial score (nSPS) is 21.2. The summed E-state index contributed by atoms with van der Waals surface area (Å²) in [6.07, 6.45) is 2.58. The number of piperidine rings is 1. The SMILES string of the molecule is CC(C)(C)CNC1CCNCC1.[HH]. The van der Waals surface area contributed by atoms with Crippen LogP contribution in [0, 0.1) is 5.41 Å². The van der Waals surface area contributed by atoms with Gasteiger partial charge in [-0.3, -0.25) is 0 Å². The Morgan fingerprint density at radius 2 is 1.92 bits per heavy atom. The first-order valence-electron chi connectivity index (χ1n) is 5.02. The quantitative estimate of drug-likeness (QED) is 0.661. The molecule has 1 aliphatic heterocycles. The molecule has 0 bridgehead atoms. The van der Waals surface area contributed by atoms with E-state index in [-0.39, 0.29) is 1.43 Å². The van der Waals surface area contributed by atoms with Crippen molar-refractivity contribution in [2.45, 2.75) is 39.7 Å². The van der Waals surface area contributed by atoms with Crippen LogP contribution in [-0.4, -0.2) is 25.7 Å². The van der Waals surface area contributed by atoms with Crippen LogP contribution in [0.3, 0.4) is 0 Å². The van der Waals surface area contributed by atoms with E-state index < -0.39 is 0 Å². The highest BCUT2D eigenvalue weighted by Crippen LogP contribution is 2.12. The van der Waals surface area contributed by atoms with E-state index in [0.29, 0.717) is 5.41 Å². The highest BCUT2D eigenvalue weighted by atomic mass is 15.0. The second-order valence-electron chi connectivity index (χ2n) is 4.97. The summed E-state index contributed by atoms with van der Waals surface area (Å²) >= 11 is 0. The van der Waals surface area contributed by atoms with E-state index in [4.69, 9.17) is 0 Å². The maximum Gasteiger partial charge on any atom is 0.00914 e. The lowest BCUT2D eigenvalue weighted by Gasteiger charge is -2.27. The molecule has 0 aromatic rings. The molecule has 0 atom stereocenters. The van der Waals surface area contributed by atoms with Crippen LogP contribution in [0.5, 0.6) is 0 Å². The molecular formula is C10H24N2. The predicted molar refractivity (Wildman–Crippen MR) is 55.5 cm³/mol. The molecule has 12 heavy (non-hydrogen) atoms. The Morgan fingerprint density at radius 3 is 2.42 bits per heavy atom. The van der Waals surface area contributed by atoms with Crippen molar-refractivity contribution in [3.8, 4) is 0 Å². The predicted octanol–water partition coefficient (Wildman–Crippen LogP) is 1.62. The molecule has 0 amide bonds. The van der Waals surface area contributed by atoms with Gasteiger partial charge in [-0.05, 0) is 31.3 Å². The molecule has 0 saturated carbocycles. The summed E-state index contributed by atoms with van der Waals surface area (Å²) in [6, 6.07) is 0.755. The summed E-state index contributed by atoms with van der Waals surface area (Å²) in [5.74, 6) is 0. The molecule has 1 saturated heterocycles. The molecule has 74 valence electrons. The molecular weight excluding hydrogens is 148 g/mol. The van der Waals surface area contributed by atoms with Crippen molar-refractivity contribution in [2.75, 3.05) is 19.6 Å². The Hall–Kier alpha value is -0.0800. The van der Waals surface area contributed by atoms with Gasteiger partial charge in [0, 0.05) is 14.0 Å². The van der Waals surface area contributed by atoms with Crippen molar-refractivity contribution in [1.29, 1.82) is 0 Å². The van der Waals surface area contributed by atoms with Crippen LogP contribution in [0.1, 0.15) is 35.0 Å². The van der Waals surface area contributed by atoms with Gasteiger partial charge in [0.25, 0.3) is 0 Å². The highest BCUT2D eigenvalue weighted by Gasteiger charge is 2.15. The van der Waals surface area contributed by atoms with Crippen molar-refractivity contribution in [3.05, 3.63) is 0 Å². The number of nitrogens with one attached hydrogen (secondary N) is 2. The third-order valence-electron chi connectivity index (χ3n) is 2.26. The van der Waals surface area contributed by atoms with Crippen molar-refractivity contribution >= 4 is 0 Å². The van der Waals surface area contributed by atoms with E-state index in [1.165, 1.54) is 25.9 Å². The van der Waals surface area contributed by atoms with Gasteiger partial charge in [-0.15, -0.1) is 0 Å². The van der Waals surface area contributed by atoms with Gasteiger partial charge in [0.2, 0.25) is 0 Å². The zero-order valence-electron chi connectivity index (χ0n) is 8.61. The Bertz CT molecular complexity index is 125. The molecule has 0 aliphatic carbocycles. The second kappa shape index (κ2) is 4.24. The Kier molecular flexibility index (Phi) is 3.53. The second-order valence-corrected chi connectivity index (χ2v) is 4.97. The molecule has 2 N–H and O–H groups in total. The van der Waals surface area contributed by atoms with E-state index >= 15 is 0 Å². The summed E-state index contributed by atoms with van der Waals surface area (Å²) in [5.41, 5.74) is 0.422. The minimum atomic E-state index is 0. The lowest BCUT2D eigenvalue weighted by atomic mass is 9.95. The standard InChI is InChI=1S/C10H22N2.H2/c1-10(2,3)8-12-9-4-6-11-7-5-9;/h9,11-12H,4-8H2,1-3H3;1H. The summed E-state index contributed by atoms with van der Waals surface area (Å²) in [4.78, 5) is 0. The van der Waals surface area contributed by atoms with Crippen LogP contribution >= 0.6 is 0 Å². The zero-order chi connectivity index (χ0) is 9.03. The third kappa shape index (κ3) is 4.07. The van der Waals surface area contributed by atoms with E-state index in [9.17, 15) is 0 Å². The largest absolute Gasteiger partial charge is 0.317 e. The van der Waals surface area contributed by atoms with E-state index in [0.717, 1.165) is 12.6 Å². The maximum absolute atomic E-state index is 3.62. The highest BCUT2D eigenvalue weighted by molar-refractivity contribution is 4.76. The molecule has 1 aliphatic rings. The molecule has 1 heterocycles. The summed E-state index contributed by atoms with van der Waals surface area (Å²) in [7, 11) is 0. The Morgan fingerprint density at radius 1 is 1.33 bits per heavy atom. The fraction of sp³-hybridized carbons (Fsp3) is 1.00. The maximum atomic E-state index is 3.62. The van der Waals surface area contributed by atoms with Crippen molar-refractivity contribution in [2.24, 2.45) is 5.41 Å². The van der Waals surface area contributed by atoms with Gasteiger partial charge in [0.15, 0.2) is 0 Å². The fourth-order valence-electron chi connectivity index (χ4n) is 1.48. The average Bonchev–Trinajstić information content (AvgIpc) is 2.02. The number of hydrogen-bond donors (Lipinski definition) is 2. The van der Waals surface area contributed by atoms with Gasteiger partial charge in [-0.2, -0.15) is 0 Å². The summed E-state index contributed by atoms with van der Waals surface area (Å²) in [5, 5.41) is 6.99. The molecule has 0 radical (unpaired) electrons. The van der Waals surface area contributed by atoms with Gasteiger partial charge in [-0.1, -0.05) is 20.8 Å². The van der Waals surface area contributed by atoms with E-state index in [1.54, 1.807) is 0 Å². The van der Waals surface area contributed by atoms with Gasteiger partial charge in [0.1, 0.15) is 0 Å². The molecule has 0 aromatic carbocycles. The molecule has 1 rings (SSSR count). The number of hydrogen-bond acceptors (Lipinski definition) is 2. The van der Waals surface area contributed by atoms with Crippen molar-refractivity contribution in [1.82, 2.24) is 10.6 Å². The molecule has 0 unspecified atom stereocenters. The Labute approximate surface area is 77.6 Å². The first-order valence-corrected chi connectivity index (χ1v) is 5.02. The average molecular weight is 172 g/mol. The van der Waals surface area contributed by atoms with Gasteiger partial charge < -0.3 is 10.6 Å². The molecule has 1 fully saturated rings. The van der Waals surface area contributed by atoms with Gasteiger partial charge >= 0.3 is 0 Å². The van der Waals surface area contributed by atoms with Crippen LogP contribution in [0.15, 0.2) is 0 Å². The van der Waals surface area contributed by atoms with Gasteiger partial charge in [-0.25, -0.2) is 0 Å². The molecule has 0 aromatic heterocycles. The van der Waals surface area contributed by atoms with E-state index in [1.807, 2.05) is 0 Å². The number of rotatable bonds is 2. The van der Waals surface area contributed by atoms with Crippen LogP contribution in [-0.2, 0) is 0 Å². The first kappa shape index (κ1) is 10.0. The minimum Gasteiger partial charge on any atom is -0.317 e. The Balaban J connectivity index is 0.00000144. The molecule has 2 heteroatoms. The minimum absolute atomic E-state index is 0. The van der Waals surface area contributed by atoms with Crippen LogP contribution < -0.4 is 10.6 Å². The van der Waals surface area contributed by atoms with Gasteiger partial charge in [0.05, 0.1) is 0 Å². The van der Waals surface area contributed by atoms with Crippen LogP contribution in [0.25, 0.3) is 0 Å². The lowest BCUT2D eigenvalue weighted by Crippen LogP contribution is -2.42. The van der Waals surface area contributed by atoms with Crippen molar-refractivity contribution < 1.29 is 1.43 Å². The summed E-state index contributed by atoms with van der Waals surface area (Å²) < 4.78 is 0. The van der Waals surface area contributed by atoms with E-state index in [2.05, 4.69) is 31.4 Å². The summed E-state index contributed by atoms with van der Waals surface area (Å²) in [6.45, 7) is 10.3. The first-order chi connectivity index (χ1) is 5.58. The molecule has 2 nitrogen and oxygen atoms in total. The fourth-order valence-corrected chi connectivity index (χ4v) is 1.48. The van der Waals surface area contributed by atoms with Crippen LogP contribution in [0.4, 0.5) is 0 Å². The smallest absolute Gasteiger partial charge is 0.00914 e. The lowest BCUT2D eigenvalue weighted by molar-refractivity contribution is 0.314. The zero-order valence-corrected chi connectivity index (χ0v) is 8.61.